The van der Waals surface area contributed by atoms with Gasteiger partial charge in [0.2, 0.25) is 0 Å². The molecule has 1 atom stereocenters. The summed E-state index contributed by atoms with van der Waals surface area (Å²) in [6.45, 7) is 3.69. The van der Waals surface area contributed by atoms with Crippen LogP contribution in [0.15, 0.2) is 18.2 Å². The summed E-state index contributed by atoms with van der Waals surface area (Å²) in [5, 5.41) is 1.22. The van der Waals surface area contributed by atoms with Gasteiger partial charge in [-0.25, -0.2) is 0 Å². The lowest BCUT2D eigenvalue weighted by molar-refractivity contribution is 0.0781. The number of aromatic amines is 1. The molecule has 0 saturated carbocycles. The first-order valence-corrected chi connectivity index (χ1v) is 8.48. The fraction of sp³-hybridized carbons (Fsp3) is 0.526. The van der Waals surface area contributed by atoms with E-state index in [0.717, 1.165) is 36.3 Å². The van der Waals surface area contributed by atoms with Gasteiger partial charge in [-0.15, -0.1) is 0 Å². The van der Waals surface area contributed by atoms with Crippen molar-refractivity contribution in [3.8, 4) is 0 Å². The first-order chi connectivity index (χ1) is 11.1. The predicted molar refractivity (Wildman–Crippen MR) is 92.9 cm³/mol. The molecular formula is C19H26N2O2. The maximum absolute atomic E-state index is 12.8. The first kappa shape index (κ1) is 16.1. The van der Waals surface area contributed by atoms with Crippen LogP contribution >= 0.6 is 0 Å². The standard InChI is InChI=1S/C19H26N2O2/c1-13-8-9-17-16(12-13)14-6-4-7-15(18(14)20-17)19(22)21(2)10-5-11-23-3/h4,6-7,13,20H,5,8-12H2,1-3H3/t13-/m0/s1. The third-order valence-electron chi connectivity index (χ3n) is 4.89. The summed E-state index contributed by atoms with van der Waals surface area (Å²) in [4.78, 5) is 18.1. The Bertz CT molecular complexity index is 705. The zero-order chi connectivity index (χ0) is 16.4. The van der Waals surface area contributed by atoms with E-state index in [-0.39, 0.29) is 5.91 Å². The van der Waals surface area contributed by atoms with E-state index in [1.165, 1.54) is 23.1 Å². The predicted octanol–water partition coefficient (Wildman–Crippen LogP) is 3.40. The SMILES string of the molecule is COCCCN(C)C(=O)c1cccc2c3c([nH]c12)CC[C@H](C)C3. The van der Waals surface area contributed by atoms with Crippen molar-refractivity contribution in [1.82, 2.24) is 9.88 Å². The van der Waals surface area contributed by atoms with Gasteiger partial charge in [0.15, 0.2) is 0 Å². The van der Waals surface area contributed by atoms with Crippen molar-refractivity contribution in [3.05, 3.63) is 35.0 Å². The molecule has 1 amide bonds. The van der Waals surface area contributed by atoms with Crippen LogP contribution in [-0.2, 0) is 17.6 Å². The normalized spacial score (nSPS) is 17.3. The van der Waals surface area contributed by atoms with Gasteiger partial charge in [-0.1, -0.05) is 19.1 Å². The summed E-state index contributed by atoms with van der Waals surface area (Å²) in [7, 11) is 3.55. The van der Waals surface area contributed by atoms with Crippen molar-refractivity contribution in [2.45, 2.75) is 32.6 Å². The van der Waals surface area contributed by atoms with Crippen LogP contribution in [0.4, 0.5) is 0 Å². The number of hydrogen-bond acceptors (Lipinski definition) is 2. The molecule has 23 heavy (non-hydrogen) atoms. The maximum atomic E-state index is 12.8. The Kier molecular flexibility index (Phi) is 4.71. The molecular weight excluding hydrogens is 288 g/mol. The van der Waals surface area contributed by atoms with Crippen molar-refractivity contribution in [2.75, 3.05) is 27.3 Å². The average Bonchev–Trinajstić information content (AvgIpc) is 2.92. The molecule has 1 aromatic carbocycles. The average molecular weight is 314 g/mol. The molecule has 3 rings (SSSR count). The van der Waals surface area contributed by atoms with Crippen molar-refractivity contribution in [2.24, 2.45) is 5.92 Å². The number of aromatic nitrogens is 1. The highest BCUT2D eigenvalue weighted by Gasteiger charge is 2.23. The van der Waals surface area contributed by atoms with Gasteiger partial charge in [0, 0.05) is 38.4 Å². The Morgan fingerprint density at radius 3 is 3.04 bits per heavy atom. The molecule has 1 aliphatic carbocycles. The molecule has 0 unspecified atom stereocenters. The number of fused-ring (bicyclic) bond motifs is 3. The zero-order valence-corrected chi connectivity index (χ0v) is 14.3. The van der Waals surface area contributed by atoms with Gasteiger partial charge in [-0.05, 0) is 43.2 Å². The third kappa shape index (κ3) is 3.13. The van der Waals surface area contributed by atoms with Crippen LogP contribution in [0, 0.1) is 5.92 Å². The number of para-hydroxylation sites is 1. The number of rotatable bonds is 5. The molecule has 1 N–H and O–H groups in total. The van der Waals surface area contributed by atoms with Crippen molar-refractivity contribution in [3.63, 3.8) is 0 Å². The molecule has 0 radical (unpaired) electrons. The quantitative estimate of drug-likeness (QED) is 0.860. The van der Waals surface area contributed by atoms with Gasteiger partial charge in [0.05, 0.1) is 11.1 Å². The topological polar surface area (TPSA) is 45.3 Å². The molecule has 4 heteroatoms. The van der Waals surface area contributed by atoms with Crippen LogP contribution in [-0.4, -0.2) is 43.1 Å². The fourth-order valence-electron chi connectivity index (χ4n) is 3.55. The summed E-state index contributed by atoms with van der Waals surface area (Å²) in [5.41, 5.74) is 4.52. The molecule has 1 aromatic heterocycles. The van der Waals surface area contributed by atoms with Gasteiger partial charge >= 0.3 is 0 Å². The Morgan fingerprint density at radius 1 is 1.43 bits per heavy atom. The second-order valence-corrected chi connectivity index (χ2v) is 6.73. The number of carbonyl (C=O) groups is 1. The Hall–Kier alpha value is -1.81. The van der Waals surface area contributed by atoms with E-state index in [1.54, 1.807) is 12.0 Å². The van der Waals surface area contributed by atoms with Crippen LogP contribution in [0.1, 0.15) is 41.4 Å². The lowest BCUT2D eigenvalue weighted by Crippen LogP contribution is -2.28. The minimum absolute atomic E-state index is 0.0818. The number of hydrogen-bond donors (Lipinski definition) is 1. The number of ether oxygens (including phenoxy) is 1. The summed E-state index contributed by atoms with van der Waals surface area (Å²) in [6.07, 6.45) is 4.27. The van der Waals surface area contributed by atoms with Crippen LogP contribution in [0.2, 0.25) is 0 Å². The summed E-state index contributed by atoms with van der Waals surface area (Å²) in [5.74, 6) is 0.802. The largest absolute Gasteiger partial charge is 0.385 e. The number of methoxy groups -OCH3 is 1. The van der Waals surface area contributed by atoms with E-state index in [0.29, 0.717) is 13.2 Å². The monoisotopic (exact) mass is 314 g/mol. The Labute approximate surface area is 137 Å². The number of carbonyl (C=O) groups excluding carboxylic acids is 1. The van der Waals surface area contributed by atoms with E-state index in [2.05, 4.69) is 18.0 Å². The second kappa shape index (κ2) is 6.75. The molecule has 4 nitrogen and oxygen atoms in total. The van der Waals surface area contributed by atoms with E-state index in [9.17, 15) is 4.79 Å². The highest BCUT2D eigenvalue weighted by molar-refractivity contribution is 6.06. The van der Waals surface area contributed by atoms with Crippen LogP contribution in [0.25, 0.3) is 10.9 Å². The summed E-state index contributed by atoms with van der Waals surface area (Å²) >= 11 is 0. The summed E-state index contributed by atoms with van der Waals surface area (Å²) < 4.78 is 5.07. The van der Waals surface area contributed by atoms with Gasteiger partial charge in [-0.2, -0.15) is 0 Å². The third-order valence-corrected chi connectivity index (χ3v) is 4.89. The number of H-pyrrole nitrogens is 1. The van der Waals surface area contributed by atoms with Gasteiger partial charge in [0.25, 0.3) is 5.91 Å². The van der Waals surface area contributed by atoms with Gasteiger partial charge < -0.3 is 14.6 Å². The first-order valence-electron chi connectivity index (χ1n) is 8.48. The lowest BCUT2D eigenvalue weighted by Gasteiger charge is -2.18. The minimum atomic E-state index is 0.0818. The minimum Gasteiger partial charge on any atom is -0.385 e. The van der Waals surface area contributed by atoms with E-state index >= 15 is 0 Å². The number of nitrogens with zero attached hydrogens (tertiary/aromatic N) is 1. The van der Waals surface area contributed by atoms with E-state index < -0.39 is 0 Å². The van der Waals surface area contributed by atoms with Crippen molar-refractivity contribution < 1.29 is 9.53 Å². The smallest absolute Gasteiger partial charge is 0.255 e. The second-order valence-electron chi connectivity index (χ2n) is 6.73. The molecule has 2 aromatic rings. The highest BCUT2D eigenvalue weighted by atomic mass is 16.5. The van der Waals surface area contributed by atoms with Crippen LogP contribution < -0.4 is 0 Å². The van der Waals surface area contributed by atoms with Gasteiger partial charge in [-0.3, -0.25) is 4.79 Å². The lowest BCUT2D eigenvalue weighted by atomic mass is 9.87. The number of nitrogens with one attached hydrogen (secondary N) is 1. The molecule has 0 saturated heterocycles. The number of amides is 1. The Balaban J connectivity index is 1.91. The van der Waals surface area contributed by atoms with Crippen LogP contribution in [0.5, 0.6) is 0 Å². The number of aryl methyl sites for hydroxylation is 1. The number of benzene rings is 1. The molecule has 0 spiro atoms. The molecule has 124 valence electrons. The molecule has 1 heterocycles. The molecule has 1 aliphatic rings. The maximum Gasteiger partial charge on any atom is 0.255 e. The summed E-state index contributed by atoms with van der Waals surface area (Å²) in [6, 6.07) is 6.08. The molecule has 0 fully saturated rings. The van der Waals surface area contributed by atoms with Crippen molar-refractivity contribution >= 4 is 16.8 Å². The van der Waals surface area contributed by atoms with Gasteiger partial charge in [0.1, 0.15) is 0 Å². The Morgan fingerprint density at radius 2 is 2.26 bits per heavy atom. The highest BCUT2D eigenvalue weighted by Crippen LogP contribution is 2.33. The van der Waals surface area contributed by atoms with Crippen LogP contribution in [0.3, 0.4) is 0 Å². The van der Waals surface area contributed by atoms with Crippen molar-refractivity contribution in [1.29, 1.82) is 0 Å². The van der Waals surface area contributed by atoms with E-state index in [1.807, 2.05) is 19.2 Å². The molecule has 0 aliphatic heterocycles. The van der Waals surface area contributed by atoms with E-state index in [4.69, 9.17) is 4.74 Å². The zero-order valence-electron chi connectivity index (χ0n) is 14.3. The fourth-order valence-corrected chi connectivity index (χ4v) is 3.55. The molecule has 0 bridgehead atoms.